The van der Waals surface area contributed by atoms with Crippen molar-refractivity contribution in [3.05, 3.63) is 83.2 Å². The molecule has 2 aromatic heterocycles. The maximum absolute atomic E-state index is 12.2. The molecule has 6 N–H and O–H groups in total. The summed E-state index contributed by atoms with van der Waals surface area (Å²) in [5.74, 6) is 0.506. The first-order valence-electron chi connectivity index (χ1n) is 9.96. The van der Waals surface area contributed by atoms with Gasteiger partial charge in [0.1, 0.15) is 17.1 Å². The fraction of sp³-hybridized carbons (Fsp3) is 0.130. The van der Waals surface area contributed by atoms with E-state index in [1.807, 2.05) is 72.4 Å². The highest BCUT2D eigenvalue weighted by molar-refractivity contribution is 14.1. The van der Waals surface area contributed by atoms with Crippen molar-refractivity contribution in [1.29, 1.82) is 0 Å². The van der Waals surface area contributed by atoms with E-state index < -0.39 is 5.91 Å². The lowest BCUT2D eigenvalue weighted by atomic mass is 10.1. The second kappa shape index (κ2) is 9.35. The number of halogens is 1. The van der Waals surface area contributed by atoms with E-state index in [9.17, 15) is 9.90 Å². The molecule has 4 aromatic rings. The van der Waals surface area contributed by atoms with Crippen molar-refractivity contribution in [3.63, 3.8) is 0 Å². The third-order valence-electron chi connectivity index (χ3n) is 5.10. The third-order valence-corrected chi connectivity index (χ3v) is 5.92. The third kappa shape index (κ3) is 4.57. The van der Waals surface area contributed by atoms with Crippen LogP contribution in [-0.4, -0.2) is 25.8 Å². The van der Waals surface area contributed by atoms with Gasteiger partial charge in [0.25, 0.3) is 5.91 Å². The van der Waals surface area contributed by atoms with Gasteiger partial charge >= 0.3 is 0 Å². The Hall–Kier alpha value is -3.47. The molecule has 1 amide bonds. The number of aromatic amines is 1. The van der Waals surface area contributed by atoms with Crippen LogP contribution in [0.4, 0.5) is 17.3 Å². The largest absolute Gasteiger partial charge is 0.507 e. The number of benzene rings is 2. The molecule has 9 heteroatoms. The van der Waals surface area contributed by atoms with Gasteiger partial charge in [0.15, 0.2) is 5.82 Å². The number of carbonyl (C=O) groups is 1. The molecule has 0 radical (unpaired) electrons. The molecule has 2 aromatic carbocycles. The van der Waals surface area contributed by atoms with E-state index in [-0.39, 0.29) is 5.56 Å². The summed E-state index contributed by atoms with van der Waals surface area (Å²) in [7, 11) is 0. The number of anilines is 3. The van der Waals surface area contributed by atoms with Gasteiger partial charge in [-0.1, -0.05) is 28.7 Å². The number of primary amides is 1. The Morgan fingerprint density at radius 1 is 1.22 bits per heavy atom. The van der Waals surface area contributed by atoms with Crippen molar-refractivity contribution in [1.82, 2.24) is 14.8 Å². The van der Waals surface area contributed by atoms with Crippen molar-refractivity contribution in [3.8, 4) is 11.4 Å². The van der Waals surface area contributed by atoms with Gasteiger partial charge < -0.3 is 26.0 Å². The average molecular weight is 542 g/mol. The molecule has 0 aliphatic carbocycles. The monoisotopic (exact) mass is 542 g/mol. The summed E-state index contributed by atoms with van der Waals surface area (Å²) < 4.78 is 2.70. The second-order valence-corrected chi connectivity index (χ2v) is 8.12. The standard InChI is InChI=1S/C23H23IN6O2/c1-14-10-15(11-16(12-24)20(14)31)13-26-22-19(21(25)32)23(29-28-22)27-17-4-6-18(7-5-17)30-8-2-3-9-30/h2-11,31H,12-13H2,1H3,(H2,25,32)(H3,26,27,28,29). The summed E-state index contributed by atoms with van der Waals surface area (Å²) in [5, 5.41) is 23.6. The van der Waals surface area contributed by atoms with Gasteiger partial charge in [0, 0.05) is 40.3 Å². The summed E-state index contributed by atoms with van der Waals surface area (Å²) in [4.78, 5) is 12.2. The SMILES string of the molecule is Cc1cc(CNc2n[nH]c(Nc3ccc(-n4cccc4)cc3)c2C(N)=O)cc(CI)c1O. The molecule has 2 heterocycles. The van der Waals surface area contributed by atoms with Crippen LogP contribution in [0, 0.1) is 6.92 Å². The highest BCUT2D eigenvalue weighted by Crippen LogP contribution is 2.28. The number of phenolic OH excluding ortho intramolecular Hbond substituents is 1. The van der Waals surface area contributed by atoms with Gasteiger partial charge in [-0.25, -0.2) is 0 Å². The number of aromatic nitrogens is 3. The zero-order chi connectivity index (χ0) is 22.7. The predicted octanol–water partition coefficient (Wildman–Crippen LogP) is 4.60. The molecular weight excluding hydrogens is 519 g/mol. The van der Waals surface area contributed by atoms with Crippen molar-refractivity contribution in [2.45, 2.75) is 17.9 Å². The molecule has 0 atom stereocenters. The number of nitrogens with zero attached hydrogens (tertiary/aromatic N) is 2. The fourth-order valence-electron chi connectivity index (χ4n) is 3.49. The van der Waals surface area contributed by atoms with Crippen LogP contribution < -0.4 is 16.4 Å². The molecular formula is C23H23IN6O2. The predicted molar refractivity (Wildman–Crippen MR) is 134 cm³/mol. The van der Waals surface area contributed by atoms with E-state index in [1.54, 1.807) is 0 Å². The number of aryl methyl sites for hydroxylation is 1. The first-order chi connectivity index (χ1) is 15.5. The van der Waals surface area contributed by atoms with E-state index >= 15 is 0 Å². The molecule has 0 aliphatic heterocycles. The van der Waals surface area contributed by atoms with E-state index in [0.717, 1.165) is 28.1 Å². The second-order valence-electron chi connectivity index (χ2n) is 7.36. The van der Waals surface area contributed by atoms with Crippen LogP contribution in [-0.2, 0) is 11.0 Å². The van der Waals surface area contributed by atoms with Gasteiger partial charge in [0.2, 0.25) is 0 Å². The van der Waals surface area contributed by atoms with Gasteiger partial charge in [-0.05, 0) is 60.5 Å². The molecule has 0 saturated carbocycles. The van der Waals surface area contributed by atoms with Crippen molar-refractivity contribution >= 4 is 45.8 Å². The number of nitrogens with two attached hydrogens (primary N) is 1. The molecule has 4 rings (SSSR count). The van der Waals surface area contributed by atoms with E-state index in [4.69, 9.17) is 5.73 Å². The zero-order valence-corrected chi connectivity index (χ0v) is 19.6. The van der Waals surface area contributed by atoms with Crippen molar-refractivity contribution in [2.24, 2.45) is 5.73 Å². The number of amides is 1. The topological polar surface area (TPSA) is 121 Å². The summed E-state index contributed by atoms with van der Waals surface area (Å²) in [6, 6.07) is 15.5. The number of phenols is 1. The zero-order valence-electron chi connectivity index (χ0n) is 17.4. The lowest BCUT2D eigenvalue weighted by Crippen LogP contribution is -2.15. The van der Waals surface area contributed by atoms with Crippen LogP contribution in [0.15, 0.2) is 60.9 Å². The van der Waals surface area contributed by atoms with E-state index in [0.29, 0.717) is 28.4 Å². The summed E-state index contributed by atoms with van der Waals surface area (Å²) in [6.45, 7) is 2.29. The molecule has 0 spiro atoms. The Morgan fingerprint density at radius 3 is 2.59 bits per heavy atom. The van der Waals surface area contributed by atoms with Gasteiger partial charge in [-0.2, -0.15) is 5.10 Å². The smallest absolute Gasteiger partial charge is 0.256 e. The number of alkyl halides is 1. The highest BCUT2D eigenvalue weighted by Gasteiger charge is 2.19. The van der Waals surface area contributed by atoms with Crippen molar-refractivity contribution in [2.75, 3.05) is 10.6 Å². The molecule has 164 valence electrons. The molecule has 32 heavy (non-hydrogen) atoms. The van der Waals surface area contributed by atoms with Crippen LogP contribution in [0.1, 0.15) is 27.0 Å². The number of carbonyl (C=O) groups excluding carboxylic acids is 1. The number of aromatic hydroxyl groups is 1. The number of hydrogen-bond acceptors (Lipinski definition) is 5. The Kier molecular flexibility index (Phi) is 6.35. The van der Waals surface area contributed by atoms with Crippen LogP contribution in [0.3, 0.4) is 0 Å². The summed E-state index contributed by atoms with van der Waals surface area (Å²) in [5.41, 5.74) is 10.4. The fourth-order valence-corrected chi connectivity index (χ4v) is 4.07. The molecule has 0 unspecified atom stereocenters. The quantitative estimate of drug-likeness (QED) is 0.165. The van der Waals surface area contributed by atoms with E-state index in [1.165, 1.54) is 0 Å². The molecule has 0 fully saturated rings. The van der Waals surface area contributed by atoms with Gasteiger partial charge in [-0.15, -0.1) is 0 Å². The lowest BCUT2D eigenvalue weighted by Gasteiger charge is -2.11. The van der Waals surface area contributed by atoms with E-state index in [2.05, 4.69) is 43.4 Å². The Bertz CT molecular complexity index is 1230. The number of H-pyrrole nitrogens is 1. The van der Waals surface area contributed by atoms with Crippen LogP contribution in [0.25, 0.3) is 5.69 Å². The van der Waals surface area contributed by atoms with Crippen LogP contribution >= 0.6 is 22.6 Å². The molecule has 0 aliphatic rings. The lowest BCUT2D eigenvalue weighted by molar-refractivity contribution is 0.100. The van der Waals surface area contributed by atoms with Crippen LogP contribution in [0.5, 0.6) is 5.75 Å². The Labute approximate surface area is 199 Å². The maximum Gasteiger partial charge on any atom is 0.256 e. The minimum absolute atomic E-state index is 0.254. The number of hydrogen-bond donors (Lipinski definition) is 5. The van der Waals surface area contributed by atoms with Crippen molar-refractivity contribution < 1.29 is 9.90 Å². The van der Waals surface area contributed by atoms with Gasteiger partial charge in [-0.3, -0.25) is 9.89 Å². The van der Waals surface area contributed by atoms with Crippen LogP contribution in [0.2, 0.25) is 0 Å². The first-order valence-corrected chi connectivity index (χ1v) is 11.5. The number of rotatable bonds is 8. The molecule has 0 saturated heterocycles. The summed E-state index contributed by atoms with van der Waals surface area (Å²) >= 11 is 2.22. The Balaban J connectivity index is 1.51. The minimum atomic E-state index is -0.595. The minimum Gasteiger partial charge on any atom is -0.507 e. The first kappa shape index (κ1) is 21.8. The summed E-state index contributed by atoms with van der Waals surface area (Å²) in [6.07, 6.45) is 3.94. The normalized spacial score (nSPS) is 10.8. The Morgan fingerprint density at radius 2 is 1.94 bits per heavy atom. The maximum atomic E-state index is 12.2. The highest BCUT2D eigenvalue weighted by atomic mass is 127. The molecule has 8 nitrogen and oxygen atoms in total. The molecule has 0 bridgehead atoms. The number of nitrogens with one attached hydrogen (secondary N) is 3. The average Bonchev–Trinajstić information content (AvgIpc) is 3.45. The van der Waals surface area contributed by atoms with Gasteiger partial charge in [0.05, 0.1) is 0 Å².